The standard InChI is InChI=1S/C15H17NOS/c1-2-16-9-12-5-3-4-6-14(12)17-15(10-16)13-7-8-18-11-13/h3-8,11,15H,2,9-10H2,1H3. The summed E-state index contributed by atoms with van der Waals surface area (Å²) in [5.74, 6) is 1.03. The van der Waals surface area contributed by atoms with Gasteiger partial charge in [0.05, 0.1) is 0 Å². The number of likely N-dealkylation sites (N-methyl/N-ethyl adjacent to an activating group) is 1. The van der Waals surface area contributed by atoms with Crippen LogP contribution in [0, 0.1) is 0 Å². The monoisotopic (exact) mass is 259 g/mol. The van der Waals surface area contributed by atoms with E-state index in [1.165, 1.54) is 11.1 Å². The molecule has 2 nitrogen and oxygen atoms in total. The van der Waals surface area contributed by atoms with Crippen LogP contribution in [-0.2, 0) is 6.54 Å². The first-order valence-electron chi connectivity index (χ1n) is 6.36. The number of hydrogen-bond donors (Lipinski definition) is 0. The van der Waals surface area contributed by atoms with E-state index in [2.05, 4.69) is 46.8 Å². The van der Waals surface area contributed by atoms with E-state index >= 15 is 0 Å². The molecule has 3 rings (SSSR count). The molecule has 0 N–H and O–H groups in total. The second kappa shape index (κ2) is 5.12. The van der Waals surface area contributed by atoms with Crippen LogP contribution in [0.15, 0.2) is 41.1 Å². The summed E-state index contributed by atoms with van der Waals surface area (Å²) in [4.78, 5) is 2.44. The molecule has 1 unspecified atom stereocenters. The Bertz CT molecular complexity index is 509. The van der Waals surface area contributed by atoms with Crippen LogP contribution >= 0.6 is 11.3 Å². The number of nitrogens with zero attached hydrogens (tertiary/aromatic N) is 1. The SMILES string of the molecule is CCN1Cc2ccccc2OC(c2ccsc2)C1. The zero-order valence-electron chi connectivity index (χ0n) is 10.5. The van der Waals surface area contributed by atoms with Crippen molar-refractivity contribution in [3.8, 4) is 5.75 Å². The third-order valence-corrected chi connectivity index (χ3v) is 4.12. The number of para-hydroxylation sites is 1. The van der Waals surface area contributed by atoms with E-state index in [1.54, 1.807) is 11.3 Å². The van der Waals surface area contributed by atoms with E-state index in [0.29, 0.717) is 0 Å². The Labute approximate surface area is 112 Å². The van der Waals surface area contributed by atoms with Crippen molar-refractivity contribution in [2.24, 2.45) is 0 Å². The van der Waals surface area contributed by atoms with Gasteiger partial charge in [-0.3, -0.25) is 4.90 Å². The highest BCUT2D eigenvalue weighted by atomic mass is 32.1. The van der Waals surface area contributed by atoms with E-state index < -0.39 is 0 Å². The minimum Gasteiger partial charge on any atom is -0.484 e. The Balaban J connectivity index is 1.94. The van der Waals surface area contributed by atoms with Gasteiger partial charge in [-0.15, -0.1) is 0 Å². The lowest BCUT2D eigenvalue weighted by molar-refractivity contribution is 0.152. The van der Waals surface area contributed by atoms with Crippen molar-refractivity contribution < 1.29 is 4.74 Å². The topological polar surface area (TPSA) is 12.5 Å². The molecule has 0 saturated carbocycles. The van der Waals surface area contributed by atoms with Crippen LogP contribution in [0.3, 0.4) is 0 Å². The number of benzene rings is 1. The molecule has 18 heavy (non-hydrogen) atoms. The lowest BCUT2D eigenvalue weighted by Crippen LogP contribution is -2.27. The minimum absolute atomic E-state index is 0.153. The molecular formula is C15H17NOS. The fourth-order valence-corrected chi connectivity index (χ4v) is 3.05. The van der Waals surface area contributed by atoms with Gasteiger partial charge < -0.3 is 4.74 Å². The van der Waals surface area contributed by atoms with Gasteiger partial charge in [-0.2, -0.15) is 11.3 Å². The Morgan fingerprint density at radius 1 is 1.33 bits per heavy atom. The highest BCUT2D eigenvalue weighted by molar-refractivity contribution is 7.07. The first-order valence-corrected chi connectivity index (χ1v) is 7.30. The van der Waals surface area contributed by atoms with Crippen molar-refractivity contribution in [1.82, 2.24) is 4.90 Å². The molecule has 0 fully saturated rings. The second-order valence-corrected chi connectivity index (χ2v) is 5.38. The third-order valence-electron chi connectivity index (χ3n) is 3.42. The lowest BCUT2D eigenvalue weighted by Gasteiger charge is -2.21. The summed E-state index contributed by atoms with van der Waals surface area (Å²) in [7, 11) is 0. The largest absolute Gasteiger partial charge is 0.484 e. The van der Waals surface area contributed by atoms with E-state index in [0.717, 1.165) is 25.4 Å². The summed E-state index contributed by atoms with van der Waals surface area (Å²) in [6, 6.07) is 10.5. The molecule has 2 aromatic rings. The lowest BCUT2D eigenvalue weighted by atomic mass is 10.2. The van der Waals surface area contributed by atoms with E-state index in [4.69, 9.17) is 4.74 Å². The molecule has 1 atom stereocenters. The number of rotatable bonds is 2. The van der Waals surface area contributed by atoms with Crippen LogP contribution < -0.4 is 4.74 Å². The first-order chi connectivity index (χ1) is 8.86. The zero-order valence-corrected chi connectivity index (χ0v) is 11.3. The molecule has 94 valence electrons. The third kappa shape index (κ3) is 2.28. The van der Waals surface area contributed by atoms with Gasteiger partial charge in [0.1, 0.15) is 11.9 Å². The van der Waals surface area contributed by atoms with Crippen molar-refractivity contribution >= 4 is 11.3 Å². The van der Waals surface area contributed by atoms with Crippen LogP contribution in [0.1, 0.15) is 24.2 Å². The van der Waals surface area contributed by atoms with Gasteiger partial charge >= 0.3 is 0 Å². The van der Waals surface area contributed by atoms with Gasteiger partial charge in [-0.05, 0) is 29.4 Å². The summed E-state index contributed by atoms with van der Waals surface area (Å²) in [5.41, 5.74) is 2.58. The highest BCUT2D eigenvalue weighted by Gasteiger charge is 2.23. The molecule has 0 radical (unpaired) electrons. The van der Waals surface area contributed by atoms with Crippen LogP contribution in [0.4, 0.5) is 0 Å². The van der Waals surface area contributed by atoms with Gasteiger partial charge in [0, 0.05) is 24.2 Å². The van der Waals surface area contributed by atoms with E-state index in [1.807, 2.05) is 6.07 Å². The molecule has 3 heteroatoms. The summed E-state index contributed by atoms with van der Waals surface area (Å²) in [6.07, 6.45) is 0.153. The predicted octanol–water partition coefficient (Wildman–Crippen LogP) is 3.70. The Hall–Kier alpha value is -1.32. The average Bonchev–Trinajstić information content (AvgIpc) is 2.86. The predicted molar refractivity (Wildman–Crippen MR) is 75.1 cm³/mol. The van der Waals surface area contributed by atoms with Crippen LogP contribution in [0.25, 0.3) is 0 Å². The fraction of sp³-hybridized carbons (Fsp3) is 0.333. The summed E-state index contributed by atoms with van der Waals surface area (Å²) >= 11 is 1.73. The fourth-order valence-electron chi connectivity index (χ4n) is 2.35. The molecule has 0 spiro atoms. The average molecular weight is 259 g/mol. The van der Waals surface area contributed by atoms with Gasteiger partial charge in [0.2, 0.25) is 0 Å². The van der Waals surface area contributed by atoms with Crippen molar-refractivity contribution in [3.05, 3.63) is 52.2 Å². The minimum atomic E-state index is 0.153. The van der Waals surface area contributed by atoms with E-state index in [-0.39, 0.29) is 6.10 Å². The smallest absolute Gasteiger partial charge is 0.137 e. The maximum absolute atomic E-state index is 6.20. The first kappa shape index (κ1) is 11.8. The van der Waals surface area contributed by atoms with Crippen molar-refractivity contribution in [3.63, 3.8) is 0 Å². The van der Waals surface area contributed by atoms with Gasteiger partial charge in [-0.1, -0.05) is 25.1 Å². The molecule has 0 saturated heterocycles. The molecule has 1 aromatic carbocycles. The number of fused-ring (bicyclic) bond motifs is 1. The van der Waals surface area contributed by atoms with E-state index in [9.17, 15) is 0 Å². The van der Waals surface area contributed by atoms with Crippen molar-refractivity contribution in [1.29, 1.82) is 0 Å². The van der Waals surface area contributed by atoms with Crippen molar-refractivity contribution in [2.45, 2.75) is 19.6 Å². The molecule has 1 aliphatic rings. The van der Waals surface area contributed by atoms with Crippen LogP contribution in [0.2, 0.25) is 0 Å². The maximum Gasteiger partial charge on any atom is 0.137 e. The number of hydrogen-bond acceptors (Lipinski definition) is 3. The summed E-state index contributed by atoms with van der Waals surface area (Å²) in [6.45, 7) is 5.20. The van der Waals surface area contributed by atoms with Gasteiger partial charge in [0.25, 0.3) is 0 Å². The molecule has 1 aliphatic heterocycles. The summed E-state index contributed by atoms with van der Waals surface area (Å²) < 4.78 is 6.20. The molecule has 2 heterocycles. The molecule has 0 bridgehead atoms. The van der Waals surface area contributed by atoms with Crippen molar-refractivity contribution in [2.75, 3.05) is 13.1 Å². The highest BCUT2D eigenvalue weighted by Crippen LogP contribution is 2.31. The number of ether oxygens (including phenoxy) is 1. The number of thiophene rings is 1. The maximum atomic E-state index is 6.20. The zero-order chi connectivity index (χ0) is 12.4. The Morgan fingerprint density at radius 3 is 3.00 bits per heavy atom. The second-order valence-electron chi connectivity index (χ2n) is 4.60. The Morgan fingerprint density at radius 2 is 2.22 bits per heavy atom. The Kier molecular flexibility index (Phi) is 3.35. The quantitative estimate of drug-likeness (QED) is 0.815. The van der Waals surface area contributed by atoms with Crippen LogP contribution in [0.5, 0.6) is 5.75 Å². The molecule has 0 amide bonds. The van der Waals surface area contributed by atoms with Gasteiger partial charge in [-0.25, -0.2) is 0 Å². The normalized spacial score (nSPS) is 19.9. The molecule has 1 aromatic heterocycles. The van der Waals surface area contributed by atoms with Crippen LogP contribution in [-0.4, -0.2) is 18.0 Å². The summed E-state index contributed by atoms with van der Waals surface area (Å²) in [5, 5.41) is 4.30. The van der Waals surface area contributed by atoms with Gasteiger partial charge in [0.15, 0.2) is 0 Å². The molecular weight excluding hydrogens is 242 g/mol. The molecule has 0 aliphatic carbocycles.